The zero-order valence-corrected chi connectivity index (χ0v) is 15.3. The maximum Gasteiger partial charge on any atom is 0.260 e. The van der Waals surface area contributed by atoms with Crippen LogP contribution >= 0.6 is 11.6 Å². The lowest BCUT2D eigenvalue weighted by Crippen LogP contribution is -2.13. The van der Waals surface area contributed by atoms with Gasteiger partial charge >= 0.3 is 0 Å². The molecule has 1 N–H and O–H groups in total. The van der Waals surface area contributed by atoms with Crippen molar-refractivity contribution in [3.05, 3.63) is 89.7 Å². The molecule has 0 aliphatic heterocycles. The second kappa shape index (κ2) is 7.09. The van der Waals surface area contributed by atoms with Crippen LogP contribution in [0.3, 0.4) is 0 Å². The molecule has 0 atom stereocenters. The number of nitrogens with one attached hydrogen (secondary N) is 1. The molecule has 134 valence electrons. The van der Waals surface area contributed by atoms with E-state index in [1.54, 1.807) is 24.1 Å². The number of aromatic nitrogens is 4. The zero-order valence-electron chi connectivity index (χ0n) is 14.5. The smallest absolute Gasteiger partial charge is 0.260 e. The first-order valence-electron chi connectivity index (χ1n) is 8.34. The van der Waals surface area contributed by atoms with Gasteiger partial charge in [0, 0.05) is 23.8 Å². The highest BCUT2D eigenvalue weighted by atomic mass is 35.5. The van der Waals surface area contributed by atoms with Gasteiger partial charge in [-0.25, -0.2) is 9.67 Å². The summed E-state index contributed by atoms with van der Waals surface area (Å²) < 4.78 is 3.45. The summed E-state index contributed by atoms with van der Waals surface area (Å²) in [4.78, 5) is 16.8. The summed E-state index contributed by atoms with van der Waals surface area (Å²) in [5, 5.41) is 7.56. The molecular formula is C20H16ClN5O. The Kier molecular flexibility index (Phi) is 4.48. The number of carbonyl (C=O) groups is 1. The lowest BCUT2D eigenvalue weighted by molar-refractivity contribution is 0.102. The molecule has 1 amide bonds. The van der Waals surface area contributed by atoms with Crippen LogP contribution in [0.5, 0.6) is 0 Å². The highest BCUT2D eigenvalue weighted by Crippen LogP contribution is 2.24. The number of anilines is 1. The molecule has 0 bridgehead atoms. The fourth-order valence-corrected chi connectivity index (χ4v) is 3.18. The molecule has 0 fully saturated rings. The first kappa shape index (κ1) is 17.1. The molecular weight excluding hydrogens is 362 g/mol. The normalized spacial score (nSPS) is 10.7. The number of hydrogen-bond donors (Lipinski definition) is 1. The van der Waals surface area contributed by atoms with Crippen molar-refractivity contribution in [2.75, 3.05) is 5.32 Å². The number of imidazole rings is 1. The van der Waals surface area contributed by atoms with Crippen LogP contribution < -0.4 is 5.32 Å². The van der Waals surface area contributed by atoms with Crippen molar-refractivity contribution in [1.29, 1.82) is 0 Å². The van der Waals surface area contributed by atoms with Gasteiger partial charge in [-0.1, -0.05) is 29.8 Å². The summed E-state index contributed by atoms with van der Waals surface area (Å²) in [6, 6.07) is 16.9. The van der Waals surface area contributed by atoms with Gasteiger partial charge in [0.05, 0.1) is 17.7 Å². The van der Waals surface area contributed by atoms with Crippen molar-refractivity contribution < 1.29 is 4.79 Å². The van der Waals surface area contributed by atoms with Crippen molar-refractivity contribution in [3.8, 4) is 11.4 Å². The molecule has 2 heterocycles. The summed E-state index contributed by atoms with van der Waals surface area (Å²) >= 11 is 6.45. The quantitative estimate of drug-likeness (QED) is 0.577. The molecule has 0 spiro atoms. The third-order valence-corrected chi connectivity index (χ3v) is 4.51. The van der Waals surface area contributed by atoms with Gasteiger partial charge in [-0.15, -0.1) is 0 Å². The SMILES string of the molecule is Cc1nn(-c2ccccc2)c(Cl)c1C(=O)Nc1ccc(-n2ccnc2)cc1. The second-order valence-electron chi connectivity index (χ2n) is 5.97. The van der Waals surface area contributed by atoms with E-state index in [1.807, 2.05) is 65.4 Å². The number of para-hydroxylation sites is 1. The number of hydrogen-bond acceptors (Lipinski definition) is 3. The lowest BCUT2D eigenvalue weighted by atomic mass is 10.2. The average Bonchev–Trinajstić information content (AvgIpc) is 3.31. The molecule has 0 unspecified atom stereocenters. The van der Waals surface area contributed by atoms with Gasteiger partial charge < -0.3 is 9.88 Å². The van der Waals surface area contributed by atoms with Crippen LogP contribution in [0.15, 0.2) is 73.3 Å². The maximum atomic E-state index is 12.7. The van der Waals surface area contributed by atoms with Gasteiger partial charge in [-0.3, -0.25) is 4.79 Å². The van der Waals surface area contributed by atoms with Crippen molar-refractivity contribution >= 4 is 23.2 Å². The van der Waals surface area contributed by atoms with Crippen molar-refractivity contribution in [2.24, 2.45) is 0 Å². The van der Waals surface area contributed by atoms with Crippen LogP contribution in [0, 0.1) is 6.92 Å². The molecule has 4 aromatic rings. The monoisotopic (exact) mass is 377 g/mol. The van der Waals surface area contributed by atoms with Gasteiger partial charge in [0.15, 0.2) is 0 Å². The minimum atomic E-state index is -0.296. The number of rotatable bonds is 4. The van der Waals surface area contributed by atoms with Crippen LogP contribution in [0.25, 0.3) is 11.4 Å². The molecule has 0 saturated heterocycles. The molecule has 7 heteroatoms. The molecule has 2 aromatic carbocycles. The van der Waals surface area contributed by atoms with E-state index in [0.717, 1.165) is 11.4 Å². The van der Waals surface area contributed by atoms with Crippen LogP contribution in [-0.2, 0) is 0 Å². The highest BCUT2D eigenvalue weighted by molar-refractivity contribution is 6.34. The average molecular weight is 378 g/mol. The van der Waals surface area contributed by atoms with Gasteiger partial charge in [-0.2, -0.15) is 5.10 Å². The van der Waals surface area contributed by atoms with E-state index < -0.39 is 0 Å². The Bertz CT molecular complexity index is 1070. The molecule has 0 aliphatic rings. The minimum absolute atomic E-state index is 0.284. The fraction of sp³-hybridized carbons (Fsp3) is 0.0500. The van der Waals surface area contributed by atoms with Gasteiger partial charge in [0.2, 0.25) is 0 Å². The number of nitrogens with zero attached hydrogens (tertiary/aromatic N) is 4. The predicted molar refractivity (Wildman–Crippen MR) is 105 cm³/mol. The van der Waals surface area contributed by atoms with Gasteiger partial charge in [0.1, 0.15) is 10.7 Å². The summed E-state index contributed by atoms with van der Waals surface area (Å²) in [7, 11) is 0. The number of aryl methyl sites for hydroxylation is 1. The third kappa shape index (κ3) is 3.35. The van der Waals surface area contributed by atoms with E-state index in [9.17, 15) is 4.79 Å². The Labute approximate surface area is 161 Å². The van der Waals surface area contributed by atoms with Crippen LogP contribution in [0.2, 0.25) is 5.15 Å². The first-order chi connectivity index (χ1) is 13.1. The molecule has 4 rings (SSSR count). The van der Waals surface area contributed by atoms with Crippen molar-refractivity contribution in [2.45, 2.75) is 6.92 Å². The van der Waals surface area contributed by atoms with Crippen LogP contribution in [-0.4, -0.2) is 25.2 Å². The Morgan fingerprint density at radius 3 is 2.44 bits per heavy atom. The summed E-state index contributed by atoms with van der Waals surface area (Å²) in [5.41, 5.74) is 3.35. The Morgan fingerprint density at radius 2 is 1.78 bits per heavy atom. The van der Waals surface area contributed by atoms with E-state index in [4.69, 9.17) is 11.6 Å². The third-order valence-electron chi connectivity index (χ3n) is 4.16. The molecule has 6 nitrogen and oxygen atoms in total. The van der Waals surface area contributed by atoms with Crippen LogP contribution in [0.1, 0.15) is 16.1 Å². The predicted octanol–water partition coefficient (Wildman–Crippen LogP) is 4.27. The summed E-state index contributed by atoms with van der Waals surface area (Å²) in [6.07, 6.45) is 5.29. The van der Waals surface area contributed by atoms with Crippen LogP contribution in [0.4, 0.5) is 5.69 Å². The number of halogens is 1. The first-order valence-corrected chi connectivity index (χ1v) is 8.71. The highest BCUT2D eigenvalue weighted by Gasteiger charge is 2.21. The van der Waals surface area contributed by atoms with E-state index in [0.29, 0.717) is 16.9 Å². The number of carbonyl (C=O) groups excluding carboxylic acids is 1. The molecule has 27 heavy (non-hydrogen) atoms. The molecule has 2 aromatic heterocycles. The van der Waals surface area contributed by atoms with E-state index in [2.05, 4.69) is 15.4 Å². The van der Waals surface area contributed by atoms with E-state index in [1.165, 1.54) is 0 Å². The van der Waals surface area contributed by atoms with Gasteiger partial charge in [-0.05, 0) is 43.3 Å². The van der Waals surface area contributed by atoms with Gasteiger partial charge in [0.25, 0.3) is 5.91 Å². The summed E-state index contributed by atoms with van der Waals surface area (Å²) in [6.45, 7) is 1.77. The van der Waals surface area contributed by atoms with Crippen molar-refractivity contribution in [1.82, 2.24) is 19.3 Å². The van der Waals surface area contributed by atoms with E-state index >= 15 is 0 Å². The zero-order chi connectivity index (χ0) is 18.8. The number of amides is 1. The van der Waals surface area contributed by atoms with E-state index in [-0.39, 0.29) is 11.1 Å². The maximum absolute atomic E-state index is 12.7. The second-order valence-corrected chi connectivity index (χ2v) is 6.33. The Hall–Kier alpha value is -3.38. The standard InChI is InChI=1S/C20H16ClN5O/c1-14-18(19(21)26(24-14)17-5-3-2-4-6-17)20(27)23-15-7-9-16(10-8-15)25-12-11-22-13-25/h2-13H,1H3,(H,23,27). The fourth-order valence-electron chi connectivity index (χ4n) is 2.82. The topological polar surface area (TPSA) is 64.7 Å². The number of benzene rings is 2. The lowest BCUT2D eigenvalue weighted by Gasteiger charge is -2.07. The summed E-state index contributed by atoms with van der Waals surface area (Å²) in [5.74, 6) is -0.296. The molecule has 0 saturated carbocycles. The Balaban J connectivity index is 1.58. The Morgan fingerprint density at radius 1 is 1.04 bits per heavy atom. The molecule has 0 aliphatic carbocycles. The van der Waals surface area contributed by atoms with Crippen molar-refractivity contribution in [3.63, 3.8) is 0 Å². The minimum Gasteiger partial charge on any atom is -0.322 e. The molecule has 0 radical (unpaired) electrons. The largest absolute Gasteiger partial charge is 0.322 e.